The van der Waals surface area contributed by atoms with Gasteiger partial charge in [0.05, 0.1) is 12.2 Å². The lowest BCUT2D eigenvalue weighted by Crippen LogP contribution is -2.52. The second kappa shape index (κ2) is 25.8. The highest BCUT2D eigenvalue weighted by Gasteiger charge is 2.66. The van der Waals surface area contributed by atoms with Crippen LogP contribution in [0, 0.1) is 0 Å². The topological polar surface area (TPSA) is 145 Å². The molecule has 0 saturated carbocycles. The zero-order valence-corrected chi connectivity index (χ0v) is 40.9. The van der Waals surface area contributed by atoms with Gasteiger partial charge in [-0.3, -0.25) is 0 Å². The number of carbonyl (C=O) groups is 4. The van der Waals surface area contributed by atoms with E-state index < -0.39 is 113 Å². The fourth-order valence-corrected chi connectivity index (χ4v) is 8.22. The molecule has 2 heterocycles. The van der Waals surface area contributed by atoms with Crippen molar-refractivity contribution in [2.45, 2.75) is 117 Å². The van der Waals surface area contributed by atoms with Crippen LogP contribution < -0.4 is 0 Å². The zero-order chi connectivity index (χ0) is 55.1. The maximum Gasteiger partial charge on any atom is 0.432 e. The Kier molecular flexibility index (Phi) is 20.4. The lowest BCUT2D eigenvalue weighted by atomic mass is 9.92. The summed E-state index contributed by atoms with van der Waals surface area (Å²) in [5, 5.41) is 0. The molecule has 0 aliphatic carbocycles. The van der Waals surface area contributed by atoms with E-state index in [0.29, 0.717) is 21.3 Å². The number of carbonyl (C=O) groups excluding carboxylic acids is 4. The van der Waals surface area contributed by atoms with Crippen LogP contribution in [0.5, 0.6) is 0 Å². The van der Waals surface area contributed by atoms with Crippen molar-refractivity contribution in [3.05, 3.63) is 168 Å². The summed E-state index contributed by atoms with van der Waals surface area (Å²) >= 11 is 0. The minimum absolute atomic E-state index is 0.107. The monoisotopic (exact) mass is 1070 g/mol. The number of halogens is 9. The van der Waals surface area contributed by atoms with Crippen molar-refractivity contribution in [2.75, 3.05) is 21.3 Å². The van der Waals surface area contributed by atoms with Crippen LogP contribution >= 0.6 is 0 Å². The maximum atomic E-state index is 15.0. The van der Waals surface area contributed by atoms with Gasteiger partial charge in [-0.25, -0.2) is 19.2 Å². The van der Waals surface area contributed by atoms with Crippen molar-refractivity contribution in [3.63, 3.8) is 0 Å². The van der Waals surface area contributed by atoms with Gasteiger partial charge in [-0.05, 0) is 38.3 Å². The third kappa shape index (κ3) is 14.2. The Morgan fingerprint density at radius 1 is 0.533 bits per heavy atom. The quantitative estimate of drug-likeness (QED) is 0.0559. The average molecular weight is 1070 g/mol. The maximum absolute atomic E-state index is 15.0. The van der Waals surface area contributed by atoms with Gasteiger partial charge in [0.15, 0.2) is 0 Å². The van der Waals surface area contributed by atoms with Crippen molar-refractivity contribution in [2.24, 2.45) is 0 Å². The number of methoxy groups -OCH3 is 3. The van der Waals surface area contributed by atoms with E-state index in [1.807, 2.05) is 0 Å². The largest absolute Gasteiger partial charge is 0.460 e. The summed E-state index contributed by atoms with van der Waals surface area (Å²) in [6.45, 7) is 1.53. The van der Waals surface area contributed by atoms with Gasteiger partial charge in [-0.1, -0.05) is 134 Å². The number of ether oxygens (including phenoxy) is 8. The molecule has 2 aliphatic heterocycles. The molecule has 12 nitrogen and oxygen atoms in total. The van der Waals surface area contributed by atoms with E-state index in [0.717, 1.165) is 42.5 Å². The van der Waals surface area contributed by atoms with Crippen molar-refractivity contribution in [3.8, 4) is 0 Å². The van der Waals surface area contributed by atoms with Crippen LogP contribution in [-0.2, 0) is 73.9 Å². The van der Waals surface area contributed by atoms with Gasteiger partial charge in [0.2, 0.25) is 0 Å². The van der Waals surface area contributed by atoms with Gasteiger partial charge < -0.3 is 37.9 Å². The molecule has 0 amide bonds. The number of hydrogen-bond donors (Lipinski definition) is 0. The average Bonchev–Trinajstić information content (AvgIpc) is 4.10. The summed E-state index contributed by atoms with van der Waals surface area (Å²) in [6.07, 6.45) is -10.8. The minimum Gasteiger partial charge on any atom is -0.460 e. The third-order valence-electron chi connectivity index (χ3n) is 12.2. The third-order valence-corrected chi connectivity index (χ3v) is 12.2. The first-order valence-corrected chi connectivity index (χ1v) is 23.4. The summed E-state index contributed by atoms with van der Waals surface area (Å²) in [5.41, 5.74) is -12.4. The van der Waals surface area contributed by atoms with E-state index in [-0.39, 0.29) is 38.5 Å². The molecule has 1 saturated heterocycles. The predicted molar refractivity (Wildman–Crippen MR) is 251 cm³/mol. The van der Waals surface area contributed by atoms with Gasteiger partial charge in [0, 0.05) is 63.4 Å². The Morgan fingerprint density at radius 3 is 1.44 bits per heavy atom. The standard InChI is InChI=1S/C54H55F9O12/c1-36-21-20-31-41(73-47(66)50(69-3,53(58,59)60)38-24-12-6-13-25-38)33-34-43-44(75-43)35-42(74-48(67)51(70-4,54(61,62)63)39-26-14-7-15-27-39)30-18-8-16-28-40(29-17-9-19-32-45(64)71-36)72-46(65)49(68-2,52(55,56)57)37-22-10-5-11-23-37/h5-19,22-28,32-34,36,40-44H,20-21,29-31,35H2,1-4H3/b17-9+,18-8-,28-16+,32-19-,34-33+/t36-,40-,41-,42+,43+,44-,49-,50-,51-/m1/s1. The molecule has 0 bridgehead atoms. The SMILES string of the molecule is CO[C@@](C(=O)O[C@H]1C/C=C\C=C\[C@@H](OC(=O)[C@](OC)(c2ccccc2)C(F)(F)F)C/C=C/C=C\C(=O)O[C@H](C)CCC[C@@H](OC(=O)[C@](OC)(c2ccccc2)C(F)(F)F)/C=C/[C@@H]2O[C@@H]2C1)(c1ccccc1)C(F)(F)F. The molecule has 406 valence electrons. The van der Waals surface area contributed by atoms with Crippen molar-refractivity contribution in [1.29, 1.82) is 0 Å². The van der Waals surface area contributed by atoms with Crippen LogP contribution in [0.4, 0.5) is 39.5 Å². The number of alkyl halides is 9. The molecule has 3 aromatic rings. The summed E-state index contributed by atoms with van der Waals surface area (Å²) in [6, 6.07) is 18.1. The molecule has 2 aliphatic rings. The second-order valence-electron chi connectivity index (χ2n) is 17.2. The van der Waals surface area contributed by atoms with Crippen LogP contribution in [0.1, 0.15) is 62.1 Å². The molecule has 21 heteroatoms. The van der Waals surface area contributed by atoms with Crippen LogP contribution in [-0.4, -0.2) is 100 Å². The molecule has 0 radical (unpaired) electrons. The van der Waals surface area contributed by atoms with Crippen LogP contribution in [0.25, 0.3) is 0 Å². The zero-order valence-electron chi connectivity index (χ0n) is 40.9. The highest BCUT2D eigenvalue weighted by molar-refractivity contribution is 5.84. The molecule has 0 unspecified atom stereocenters. The summed E-state index contributed by atoms with van der Waals surface area (Å²) in [7, 11) is 2.08. The number of hydrogen-bond acceptors (Lipinski definition) is 12. The van der Waals surface area contributed by atoms with E-state index in [4.69, 9.17) is 37.9 Å². The molecule has 0 aromatic heterocycles. The van der Waals surface area contributed by atoms with Gasteiger partial charge in [0.25, 0.3) is 16.8 Å². The van der Waals surface area contributed by atoms with Crippen LogP contribution in [0.3, 0.4) is 0 Å². The normalized spacial score (nSPS) is 26.1. The Hall–Kier alpha value is -6.55. The van der Waals surface area contributed by atoms with E-state index in [2.05, 4.69) is 0 Å². The van der Waals surface area contributed by atoms with Crippen molar-refractivity contribution >= 4 is 23.9 Å². The predicted octanol–water partition coefficient (Wildman–Crippen LogP) is 10.9. The van der Waals surface area contributed by atoms with Gasteiger partial charge in [0.1, 0.15) is 24.4 Å². The van der Waals surface area contributed by atoms with Crippen LogP contribution in [0.15, 0.2) is 152 Å². The summed E-state index contributed by atoms with van der Waals surface area (Å²) < 4.78 is 176. The fourth-order valence-electron chi connectivity index (χ4n) is 8.22. The molecule has 75 heavy (non-hydrogen) atoms. The fraction of sp³-hybridized carbons (Fsp3) is 0.407. The summed E-state index contributed by atoms with van der Waals surface area (Å²) in [4.78, 5) is 53.8. The Bertz CT molecular complexity index is 2510. The summed E-state index contributed by atoms with van der Waals surface area (Å²) in [5.74, 6) is -6.27. The number of benzene rings is 3. The lowest BCUT2D eigenvalue weighted by Gasteiger charge is -2.33. The molecular weight excluding hydrogens is 1010 g/mol. The number of fused-ring (bicyclic) bond motifs is 1. The first-order chi connectivity index (χ1) is 35.5. The first-order valence-electron chi connectivity index (χ1n) is 23.4. The van der Waals surface area contributed by atoms with E-state index in [1.165, 1.54) is 116 Å². The number of rotatable bonds is 12. The smallest absolute Gasteiger partial charge is 0.432 e. The van der Waals surface area contributed by atoms with Gasteiger partial charge in [-0.2, -0.15) is 39.5 Å². The lowest BCUT2D eigenvalue weighted by molar-refractivity contribution is -0.279. The number of esters is 4. The van der Waals surface area contributed by atoms with Crippen molar-refractivity contribution < 1.29 is 96.6 Å². The number of cyclic esters (lactones) is 1. The first kappa shape index (κ1) is 59.3. The van der Waals surface area contributed by atoms with Crippen LogP contribution in [0.2, 0.25) is 0 Å². The minimum atomic E-state index is -5.36. The molecule has 0 spiro atoms. The molecule has 9 atom stereocenters. The Morgan fingerprint density at radius 2 is 0.973 bits per heavy atom. The molecule has 0 N–H and O–H groups in total. The van der Waals surface area contributed by atoms with E-state index in [9.17, 15) is 58.7 Å². The molecule has 3 aromatic carbocycles. The van der Waals surface area contributed by atoms with E-state index in [1.54, 1.807) is 0 Å². The Balaban J connectivity index is 1.49. The molecule has 5 rings (SSSR count). The number of epoxide rings is 1. The van der Waals surface area contributed by atoms with Crippen molar-refractivity contribution in [1.82, 2.24) is 0 Å². The second-order valence-corrected chi connectivity index (χ2v) is 17.2. The van der Waals surface area contributed by atoms with Gasteiger partial charge in [-0.15, -0.1) is 0 Å². The van der Waals surface area contributed by atoms with E-state index >= 15 is 0 Å². The van der Waals surface area contributed by atoms with Gasteiger partial charge >= 0.3 is 42.4 Å². The highest BCUT2D eigenvalue weighted by Crippen LogP contribution is 2.46. The highest BCUT2D eigenvalue weighted by atomic mass is 19.4. The number of allylic oxidation sites excluding steroid dienone is 4. The molecule has 1 fully saturated rings. The Labute approximate surface area is 426 Å². The molecular formula is C54H55F9O12.